The predicted molar refractivity (Wildman–Crippen MR) is 68.8 cm³/mol. The van der Waals surface area contributed by atoms with E-state index in [-0.39, 0.29) is 5.54 Å². The van der Waals surface area contributed by atoms with Crippen molar-refractivity contribution < 1.29 is 4.74 Å². The van der Waals surface area contributed by atoms with Crippen LogP contribution in [0.25, 0.3) is 0 Å². The molecule has 3 heteroatoms. The van der Waals surface area contributed by atoms with E-state index in [0.717, 1.165) is 12.1 Å². The topological polar surface area (TPSA) is 47.3 Å². The lowest BCUT2D eigenvalue weighted by Gasteiger charge is -2.33. The van der Waals surface area contributed by atoms with Crippen molar-refractivity contribution in [2.24, 2.45) is 5.73 Å². The maximum atomic E-state index is 5.85. The second-order valence-corrected chi connectivity index (χ2v) is 4.27. The third kappa shape index (κ3) is 3.22. The Morgan fingerprint density at radius 2 is 2.19 bits per heavy atom. The van der Waals surface area contributed by atoms with Crippen molar-refractivity contribution in [2.45, 2.75) is 25.8 Å². The molecule has 0 aromatic heterocycles. The van der Waals surface area contributed by atoms with Gasteiger partial charge in [-0.3, -0.25) is 0 Å². The molecule has 0 radical (unpaired) electrons. The van der Waals surface area contributed by atoms with Crippen LogP contribution in [0.2, 0.25) is 0 Å². The smallest absolute Gasteiger partial charge is 0.0725 e. The molecule has 0 aliphatic rings. The zero-order chi connectivity index (χ0) is 12.0. The summed E-state index contributed by atoms with van der Waals surface area (Å²) in [4.78, 5) is 0. The van der Waals surface area contributed by atoms with Crippen molar-refractivity contribution in [3.8, 4) is 0 Å². The number of methoxy groups -OCH3 is 1. The summed E-state index contributed by atoms with van der Waals surface area (Å²) in [6.45, 7) is 5.38. The highest BCUT2D eigenvalue weighted by molar-refractivity contribution is 5.47. The second kappa shape index (κ2) is 5.87. The van der Waals surface area contributed by atoms with Crippen molar-refractivity contribution in [3.05, 3.63) is 29.8 Å². The number of anilines is 1. The summed E-state index contributed by atoms with van der Waals surface area (Å²) in [5.74, 6) is 0. The van der Waals surface area contributed by atoms with Crippen LogP contribution in [-0.4, -0.2) is 25.8 Å². The average molecular weight is 222 g/mol. The summed E-state index contributed by atoms with van der Waals surface area (Å²) in [6.07, 6.45) is 0.936. The number of nitrogens with one attached hydrogen (secondary N) is 1. The Labute approximate surface area is 98.0 Å². The molecule has 0 bridgehead atoms. The third-order valence-corrected chi connectivity index (χ3v) is 2.92. The van der Waals surface area contributed by atoms with Gasteiger partial charge in [0.1, 0.15) is 0 Å². The van der Waals surface area contributed by atoms with E-state index in [1.54, 1.807) is 7.11 Å². The van der Waals surface area contributed by atoms with Crippen LogP contribution in [0.3, 0.4) is 0 Å². The molecule has 0 aliphatic carbocycles. The van der Waals surface area contributed by atoms with Crippen molar-refractivity contribution in [1.29, 1.82) is 0 Å². The van der Waals surface area contributed by atoms with Gasteiger partial charge in [0.05, 0.1) is 12.1 Å². The van der Waals surface area contributed by atoms with Gasteiger partial charge in [-0.25, -0.2) is 0 Å². The van der Waals surface area contributed by atoms with Gasteiger partial charge in [-0.2, -0.15) is 0 Å². The normalized spacial score (nSPS) is 14.5. The molecule has 0 heterocycles. The lowest BCUT2D eigenvalue weighted by atomic mass is 9.96. The van der Waals surface area contributed by atoms with Gasteiger partial charge < -0.3 is 15.8 Å². The van der Waals surface area contributed by atoms with Gasteiger partial charge in [0, 0.05) is 19.3 Å². The average Bonchev–Trinajstić information content (AvgIpc) is 2.28. The van der Waals surface area contributed by atoms with E-state index >= 15 is 0 Å². The van der Waals surface area contributed by atoms with Gasteiger partial charge in [-0.1, -0.05) is 19.1 Å². The fraction of sp³-hybridized carbons (Fsp3) is 0.538. The minimum Gasteiger partial charge on any atom is -0.382 e. The molecule has 1 aromatic carbocycles. The van der Waals surface area contributed by atoms with Gasteiger partial charge in [0.2, 0.25) is 0 Å². The molecule has 3 N–H and O–H groups in total. The second-order valence-electron chi connectivity index (χ2n) is 4.27. The Bertz CT molecular complexity index is 321. The number of rotatable bonds is 6. The highest BCUT2D eigenvalue weighted by atomic mass is 16.5. The van der Waals surface area contributed by atoms with Crippen LogP contribution < -0.4 is 11.1 Å². The van der Waals surface area contributed by atoms with Crippen LogP contribution in [0, 0.1) is 6.92 Å². The van der Waals surface area contributed by atoms with Crippen molar-refractivity contribution in [2.75, 3.05) is 25.6 Å². The summed E-state index contributed by atoms with van der Waals surface area (Å²) >= 11 is 0. The highest BCUT2D eigenvalue weighted by Crippen LogP contribution is 2.19. The molecule has 1 aromatic rings. The molecule has 0 saturated carbocycles. The molecule has 1 atom stereocenters. The number of hydrogen-bond donors (Lipinski definition) is 2. The van der Waals surface area contributed by atoms with E-state index in [4.69, 9.17) is 10.5 Å². The highest BCUT2D eigenvalue weighted by Gasteiger charge is 2.26. The van der Waals surface area contributed by atoms with Gasteiger partial charge in [-0.05, 0) is 31.0 Å². The summed E-state index contributed by atoms with van der Waals surface area (Å²) < 4.78 is 5.25. The van der Waals surface area contributed by atoms with E-state index in [2.05, 4.69) is 37.4 Å². The number of benzene rings is 1. The van der Waals surface area contributed by atoms with E-state index in [1.165, 1.54) is 5.56 Å². The zero-order valence-corrected chi connectivity index (χ0v) is 10.4. The van der Waals surface area contributed by atoms with Crippen LogP contribution >= 0.6 is 0 Å². The zero-order valence-electron chi connectivity index (χ0n) is 10.4. The lowest BCUT2D eigenvalue weighted by molar-refractivity contribution is 0.143. The van der Waals surface area contributed by atoms with Crippen LogP contribution in [0.4, 0.5) is 5.69 Å². The van der Waals surface area contributed by atoms with Gasteiger partial charge in [0.15, 0.2) is 0 Å². The van der Waals surface area contributed by atoms with Crippen molar-refractivity contribution in [1.82, 2.24) is 0 Å². The fourth-order valence-corrected chi connectivity index (χ4v) is 1.79. The minimum absolute atomic E-state index is 0.164. The molecule has 0 amide bonds. The Morgan fingerprint density at radius 3 is 2.69 bits per heavy atom. The fourth-order valence-electron chi connectivity index (χ4n) is 1.79. The Kier molecular flexibility index (Phi) is 4.77. The number of ether oxygens (including phenoxy) is 1. The van der Waals surface area contributed by atoms with Crippen LogP contribution in [0.1, 0.15) is 18.9 Å². The maximum absolute atomic E-state index is 5.85. The largest absolute Gasteiger partial charge is 0.382 e. The first-order chi connectivity index (χ1) is 7.65. The molecule has 0 fully saturated rings. The first-order valence-electron chi connectivity index (χ1n) is 5.69. The SMILES string of the molecule is CCC(CN)(COC)Nc1cccc(C)c1. The summed E-state index contributed by atoms with van der Waals surface area (Å²) in [7, 11) is 1.71. The molecular formula is C13H22N2O. The number of nitrogens with two attached hydrogens (primary N) is 1. The molecule has 90 valence electrons. The first kappa shape index (κ1) is 13.0. The van der Waals surface area contributed by atoms with Crippen molar-refractivity contribution >= 4 is 5.69 Å². The van der Waals surface area contributed by atoms with Crippen LogP contribution in [0.15, 0.2) is 24.3 Å². The summed E-state index contributed by atoms with van der Waals surface area (Å²) in [5, 5.41) is 3.48. The molecule has 16 heavy (non-hydrogen) atoms. The van der Waals surface area contributed by atoms with E-state index in [9.17, 15) is 0 Å². The number of hydrogen-bond acceptors (Lipinski definition) is 3. The Balaban J connectivity index is 2.82. The van der Waals surface area contributed by atoms with Crippen molar-refractivity contribution in [3.63, 3.8) is 0 Å². The van der Waals surface area contributed by atoms with Gasteiger partial charge in [-0.15, -0.1) is 0 Å². The Morgan fingerprint density at radius 1 is 1.44 bits per heavy atom. The Hall–Kier alpha value is -1.06. The lowest BCUT2D eigenvalue weighted by Crippen LogP contribution is -2.48. The standard InChI is InChI=1S/C13H22N2O/c1-4-13(9-14,10-16-3)15-12-7-5-6-11(2)8-12/h5-8,15H,4,9-10,14H2,1-3H3. The first-order valence-corrected chi connectivity index (χ1v) is 5.69. The maximum Gasteiger partial charge on any atom is 0.0725 e. The monoisotopic (exact) mass is 222 g/mol. The quantitative estimate of drug-likeness (QED) is 0.775. The summed E-state index contributed by atoms with van der Waals surface area (Å²) in [6, 6.07) is 8.30. The predicted octanol–water partition coefficient (Wildman–Crippen LogP) is 2.16. The van der Waals surface area contributed by atoms with Gasteiger partial charge >= 0.3 is 0 Å². The molecule has 0 spiro atoms. The molecular weight excluding hydrogens is 200 g/mol. The molecule has 1 rings (SSSR count). The number of aryl methyl sites for hydroxylation is 1. The molecule has 3 nitrogen and oxygen atoms in total. The van der Waals surface area contributed by atoms with E-state index in [0.29, 0.717) is 13.2 Å². The third-order valence-electron chi connectivity index (χ3n) is 2.92. The minimum atomic E-state index is -0.164. The van der Waals surface area contributed by atoms with E-state index in [1.807, 2.05) is 6.07 Å². The van der Waals surface area contributed by atoms with Crippen LogP contribution in [0.5, 0.6) is 0 Å². The molecule has 0 saturated heterocycles. The van der Waals surface area contributed by atoms with Gasteiger partial charge in [0.25, 0.3) is 0 Å². The molecule has 0 aliphatic heterocycles. The van der Waals surface area contributed by atoms with Crippen LogP contribution in [-0.2, 0) is 4.74 Å². The van der Waals surface area contributed by atoms with E-state index < -0.39 is 0 Å². The molecule has 1 unspecified atom stereocenters. The summed E-state index contributed by atoms with van der Waals surface area (Å²) in [5.41, 5.74) is 8.03.